The fourth-order valence-corrected chi connectivity index (χ4v) is 4.70. The molecular weight excluding hydrogens is 232 g/mol. The van der Waals surface area contributed by atoms with E-state index in [-0.39, 0.29) is 11.3 Å². The van der Waals surface area contributed by atoms with Crippen LogP contribution in [0, 0.1) is 5.92 Å². The number of hydrogen-bond donors (Lipinski definition) is 0. The number of fused-ring (bicyclic) bond motifs is 1. The summed E-state index contributed by atoms with van der Waals surface area (Å²) in [7, 11) is 0. The van der Waals surface area contributed by atoms with Crippen molar-refractivity contribution in [1.29, 1.82) is 0 Å². The van der Waals surface area contributed by atoms with Gasteiger partial charge in [-0.15, -0.1) is 11.3 Å². The van der Waals surface area contributed by atoms with Crippen LogP contribution in [0.5, 0.6) is 0 Å². The molecule has 4 fully saturated rings. The largest absolute Gasteiger partial charge is 0.300 e. The highest BCUT2D eigenvalue weighted by Crippen LogP contribution is 2.41. The Labute approximate surface area is 105 Å². The summed E-state index contributed by atoms with van der Waals surface area (Å²) in [6.07, 6.45) is 0. The van der Waals surface area contributed by atoms with Crippen LogP contribution in [0.25, 0.3) is 0 Å². The topological polar surface area (TPSA) is 23.6 Å². The minimum Gasteiger partial charge on any atom is -0.300 e. The maximum absolute atomic E-state index is 12.7. The summed E-state index contributed by atoms with van der Waals surface area (Å²) in [4.78, 5) is 19.0. The van der Waals surface area contributed by atoms with Crippen LogP contribution in [0.2, 0.25) is 0 Å². The van der Waals surface area contributed by atoms with Crippen molar-refractivity contribution in [3.8, 4) is 0 Å². The van der Waals surface area contributed by atoms with Crippen LogP contribution in [-0.4, -0.2) is 54.9 Å². The van der Waals surface area contributed by atoms with E-state index in [0.29, 0.717) is 5.78 Å². The number of nitrogens with zero attached hydrogens (tertiary/aromatic N) is 2. The Morgan fingerprint density at radius 2 is 1.94 bits per heavy atom. The van der Waals surface area contributed by atoms with Gasteiger partial charge in [0, 0.05) is 50.1 Å². The van der Waals surface area contributed by atoms with E-state index < -0.39 is 0 Å². The number of carbonyl (C=O) groups is 1. The van der Waals surface area contributed by atoms with Gasteiger partial charge in [0.05, 0.1) is 5.41 Å². The Kier molecular flexibility index (Phi) is 2.05. The number of Topliss-reactive ketones (excluding diaryl/α,β-unsaturated/α-hetero) is 1. The summed E-state index contributed by atoms with van der Waals surface area (Å²) in [5.74, 6) is 0.761. The Bertz CT molecular complexity index is 440. The lowest BCUT2D eigenvalue weighted by Gasteiger charge is -2.47. The van der Waals surface area contributed by atoms with Gasteiger partial charge in [-0.1, -0.05) is 6.07 Å². The molecule has 2 atom stereocenters. The second-order valence-electron chi connectivity index (χ2n) is 5.59. The van der Waals surface area contributed by atoms with Gasteiger partial charge in [0.15, 0.2) is 5.78 Å². The molecule has 4 bridgehead atoms. The van der Waals surface area contributed by atoms with Gasteiger partial charge in [-0.25, -0.2) is 0 Å². The summed E-state index contributed by atoms with van der Waals surface area (Å²) >= 11 is 1.75. The second-order valence-corrected chi connectivity index (χ2v) is 6.54. The smallest absolute Gasteiger partial charge is 0.152 e. The van der Waals surface area contributed by atoms with Crippen molar-refractivity contribution in [2.45, 2.75) is 5.41 Å². The molecule has 5 rings (SSSR count). The maximum Gasteiger partial charge on any atom is 0.152 e. The van der Waals surface area contributed by atoms with Crippen molar-refractivity contribution < 1.29 is 4.79 Å². The molecule has 4 aliphatic rings. The molecule has 0 N–H and O–H groups in total. The van der Waals surface area contributed by atoms with Crippen molar-refractivity contribution in [3.05, 3.63) is 22.4 Å². The van der Waals surface area contributed by atoms with Gasteiger partial charge in [-0.2, -0.15) is 0 Å². The van der Waals surface area contributed by atoms with Crippen LogP contribution in [-0.2, 0) is 10.2 Å². The molecule has 3 nitrogen and oxygen atoms in total. The van der Waals surface area contributed by atoms with Gasteiger partial charge in [0.25, 0.3) is 0 Å². The molecule has 0 saturated carbocycles. The fraction of sp³-hybridized carbons (Fsp3) is 0.615. The average molecular weight is 248 g/mol. The van der Waals surface area contributed by atoms with Crippen molar-refractivity contribution in [2.24, 2.45) is 5.92 Å². The van der Waals surface area contributed by atoms with Crippen molar-refractivity contribution in [3.63, 3.8) is 0 Å². The molecule has 0 amide bonds. The molecule has 1 aromatic heterocycles. The lowest BCUT2D eigenvalue weighted by atomic mass is 9.70. The van der Waals surface area contributed by atoms with Crippen LogP contribution in [0.15, 0.2) is 17.5 Å². The maximum atomic E-state index is 12.7. The average Bonchev–Trinajstić information content (AvgIpc) is 2.72. The number of carbonyl (C=O) groups excluding carboxylic acids is 1. The third-order valence-electron chi connectivity index (χ3n) is 4.51. The standard InChI is InChI=1S/C13H16N2OS/c16-12-10-6-14-3-4-15(7-10)9-13(12,8-14)11-2-1-5-17-11/h1-2,5,10H,3-4,6-9H2. The first-order valence-electron chi connectivity index (χ1n) is 6.31. The summed E-state index contributed by atoms with van der Waals surface area (Å²) in [6, 6.07) is 4.23. The number of piperidine rings is 2. The Hall–Kier alpha value is -0.710. The molecule has 1 aromatic rings. The van der Waals surface area contributed by atoms with E-state index in [1.807, 2.05) is 0 Å². The number of thiophene rings is 1. The Morgan fingerprint density at radius 1 is 1.24 bits per heavy atom. The van der Waals surface area contributed by atoms with Gasteiger partial charge in [0.1, 0.15) is 0 Å². The molecule has 4 saturated heterocycles. The quantitative estimate of drug-likeness (QED) is 0.735. The van der Waals surface area contributed by atoms with E-state index in [9.17, 15) is 4.79 Å². The third kappa shape index (κ3) is 1.32. The number of ketones is 1. The van der Waals surface area contributed by atoms with E-state index in [4.69, 9.17) is 0 Å². The zero-order valence-electron chi connectivity index (χ0n) is 9.76. The molecule has 4 aliphatic heterocycles. The highest BCUT2D eigenvalue weighted by atomic mass is 32.1. The zero-order valence-corrected chi connectivity index (χ0v) is 10.6. The highest BCUT2D eigenvalue weighted by molar-refractivity contribution is 7.10. The van der Waals surface area contributed by atoms with E-state index in [2.05, 4.69) is 27.3 Å². The Morgan fingerprint density at radius 3 is 2.53 bits per heavy atom. The highest BCUT2D eigenvalue weighted by Gasteiger charge is 2.55. The SMILES string of the molecule is O=C1C2CN3CCN(C2)CC1(c1cccs1)C3. The predicted molar refractivity (Wildman–Crippen MR) is 67.4 cm³/mol. The molecule has 17 heavy (non-hydrogen) atoms. The molecule has 0 aromatic carbocycles. The number of rotatable bonds is 1. The molecular formula is C13H16N2OS. The lowest BCUT2D eigenvalue weighted by molar-refractivity contribution is -0.137. The summed E-state index contributed by atoms with van der Waals surface area (Å²) in [6.45, 7) is 6.14. The van der Waals surface area contributed by atoms with Crippen LogP contribution in [0.3, 0.4) is 0 Å². The van der Waals surface area contributed by atoms with Crippen molar-refractivity contribution in [2.75, 3.05) is 39.3 Å². The molecule has 0 spiro atoms. The molecule has 2 unspecified atom stereocenters. The first-order chi connectivity index (χ1) is 8.28. The van der Waals surface area contributed by atoms with Gasteiger partial charge >= 0.3 is 0 Å². The predicted octanol–water partition coefficient (Wildman–Crippen LogP) is 0.816. The zero-order chi connectivity index (χ0) is 11.5. The first kappa shape index (κ1) is 10.2. The van der Waals surface area contributed by atoms with Gasteiger partial charge in [-0.3, -0.25) is 14.6 Å². The van der Waals surface area contributed by atoms with Crippen LogP contribution >= 0.6 is 11.3 Å². The Balaban J connectivity index is 1.86. The summed E-state index contributed by atoms with van der Waals surface area (Å²) in [5.41, 5.74) is -0.203. The first-order valence-corrected chi connectivity index (χ1v) is 7.19. The molecule has 90 valence electrons. The molecule has 0 radical (unpaired) electrons. The fourth-order valence-electron chi connectivity index (χ4n) is 3.79. The minimum atomic E-state index is -0.203. The van der Waals surface area contributed by atoms with Gasteiger partial charge in [-0.05, 0) is 11.4 Å². The second kappa shape index (κ2) is 3.40. The van der Waals surface area contributed by atoms with Crippen LogP contribution in [0.4, 0.5) is 0 Å². The molecule has 4 heteroatoms. The summed E-state index contributed by atoms with van der Waals surface area (Å²) in [5, 5.41) is 2.10. The monoisotopic (exact) mass is 248 g/mol. The van der Waals surface area contributed by atoms with Crippen molar-refractivity contribution >= 4 is 17.1 Å². The van der Waals surface area contributed by atoms with E-state index in [0.717, 1.165) is 39.3 Å². The van der Waals surface area contributed by atoms with Crippen LogP contribution in [0.1, 0.15) is 4.88 Å². The van der Waals surface area contributed by atoms with E-state index in [1.165, 1.54) is 4.88 Å². The molecule has 0 aliphatic carbocycles. The van der Waals surface area contributed by atoms with Crippen LogP contribution < -0.4 is 0 Å². The third-order valence-corrected chi connectivity index (χ3v) is 5.59. The van der Waals surface area contributed by atoms with Gasteiger partial charge < -0.3 is 0 Å². The van der Waals surface area contributed by atoms with Gasteiger partial charge in [0.2, 0.25) is 0 Å². The number of hydrogen-bond acceptors (Lipinski definition) is 4. The van der Waals surface area contributed by atoms with E-state index in [1.54, 1.807) is 11.3 Å². The summed E-state index contributed by atoms with van der Waals surface area (Å²) < 4.78 is 0. The molecule has 5 heterocycles. The minimum absolute atomic E-state index is 0.203. The van der Waals surface area contributed by atoms with Crippen molar-refractivity contribution in [1.82, 2.24) is 9.80 Å². The van der Waals surface area contributed by atoms with E-state index >= 15 is 0 Å². The lowest BCUT2D eigenvalue weighted by Crippen LogP contribution is -2.63. The normalized spacial score (nSPS) is 44.0.